The number of nitrogens with zero attached hydrogens (tertiary/aromatic N) is 2. The molecule has 0 atom stereocenters. The minimum absolute atomic E-state index is 0.321. The van der Waals surface area contributed by atoms with E-state index in [4.69, 9.17) is 0 Å². The normalized spacial score (nSPS) is 9.93. The molecule has 2 heterocycles. The van der Waals surface area contributed by atoms with Gasteiger partial charge in [-0.25, -0.2) is 9.78 Å². The molecule has 4 nitrogen and oxygen atoms in total. The van der Waals surface area contributed by atoms with E-state index in [9.17, 15) is 4.79 Å². The highest BCUT2D eigenvalue weighted by Gasteiger charge is 2.16. The van der Waals surface area contributed by atoms with E-state index < -0.39 is 5.97 Å². The largest absolute Gasteiger partial charge is 0.464 e. The molecule has 0 aliphatic carbocycles. The van der Waals surface area contributed by atoms with Gasteiger partial charge in [-0.2, -0.15) is 0 Å². The van der Waals surface area contributed by atoms with Gasteiger partial charge in [0.15, 0.2) is 5.69 Å². The predicted octanol–water partition coefficient (Wildman–Crippen LogP) is 1.99. The number of thiazole rings is 1. The fraction of sp³-hybridized carbons (Fsp3) is 0.100. The van der Waals surface area contributed by atoms with Gasteiger partial charge < -0.3 is 4.74 Å². The summed E-state index contributed by atoms with van der Waals surface area (Å²) in [6.07, 6.45) is 1.68. The minimum atomic E-state index is -0.433. The molecule has 15 heavy (non-hydrogen) atoms. The third-order valence-corrected chi connectivity index (χ3v) is 2.69. The fourth-order valence-electron chi connectivity index (χ4n) is 1.17. The van der Waals surface area contributed by atoms with Gasteiger partial charge in [-0.1, -0.05) is 6.07 Å². The monoisotopic (exact) mass is 220 g/mol. The third kappa shape index (κ3) is 1.87. The van der Waals surface area contributed by atoms with Gasteiger partial charge in [0.2, 0.25) is 0 Å². The number of esters is 1. The first-order valence-electron chi connectivity index (χ1n) is 4.26. The SMILES string of the molecule is COC(=O)c1ncsc1-c1ccccn1. The van der Waals surface area contributed by atoms with Crippen molar-refractivity contribution in [2.24, 2.45) is 0 Å². The van der Waals surface area contributed by atoms with Crippen molar-refractivity contribution in [3.05, 3.63) is 35.6 Å². The number of carbonyl (C=O) groups is 1. The molecule has 0 radical (unpaired) electrons. The van der Waals surface area contributed by atoms with Crippen molar-refractivity contribution in [3.8, 4) is 10.6 Å². The zero-order chi connectivity index (χ0) is 10.7. The van der Waals surface area contributed by atoms with Gasteiger partial charge in [0.1, 0.15) is 0 Å². The van der Waals surface area contributed by atoms with Gasteiger partial charge in [-0.3, -0.25) is 4.98 Å². The Morgan fingerprint density at radius 2 is 2.27 bits per heavy atom. The molecule has 0 saturated carbocycles. The molecule has 0 unspecified atom stereocenters. The first-order valence-corrected chi connectivity index (χ1v) is 5.14. The first-order chi connectivity index (χ1) is 7.33. The van der Waals surface area contributed by atoms with Crippen LogP contribution in [0.1, 0.15) is 10.5 Å². The predicted molar refractivity (Wildman–Crippen MR) is 56.7 cm³/mol. The Labute approximate surface area is 90.6 Å². The van der Waals surface area contributed by atoms with Crippen LogP contribution >= 0.6 is 11.3 Å². The van der Waals surface area contributed by atoms with Crippen molar-refractivity contribution in [1.82, 2.24) is 9.97 Å². The van der Waals surface area contributed by atoms with Crippen molar-refractivity contribution < 1.29 is 9.53 Å². The Bertz CT molecular complexity index is 467. The van der Waals surface area contributed by atoms with Gasteiger partial charge >= 0.3 is 5.97 Å². The summed E-state index contributed by atoms with van der Waals surface area (Å²) in [4.78, 5) is 20.2. The molecule has 2 rings (SSSR count). The summed E-state index contributed by atoms with van der Waals surface area (Å²) in [7, 11) is 1.34. The van der Waals surface area contributed by atoms with Gasteiger partial charge in [0.05, 0.1) is 23.2 Å². The number of rotatable bonds is 2. The average Bonchev–Trinajstić information content (AvgIpc) is 2.78. The summed E-state index contributed by atoms with van der Waals surface area (Å²) < 4.78 is 4.63. The Morgan fingerprint density at radius 3 is 2.93 bits per heavy atom. The van der Waals surface area contributed by atoms with Crippen LogP contribution in [0.5, 0.6) is 0 Å². The van der Waals surface area contributed by atoms with Crippen LogP contribution in [0.15, 0.2) is 29.9 Å². The molecule has 0 aliphatic heterocycles. The zero-order valence-corrected chi connectivity index (χ0v) is 8.82. The molecular weight excluding hydrogens is 212 g/mol. The van der Waals surface area contributed by atoms with Gasteiger partial charge in [-0.15, -0.1) is 11.3 Å². The molecule has 0 bridgehead atoms. The summed E-state index contributed by atoms with van der Waals surface area (Å²) >= 11 is 1.37. The number of carbonyl (C=O) groups excluding carboxylic acids is 1. The quantitative estimate of drug-likeness (QED) is 0.726. The van der Waals surface area contributed by atoms with E-state index in [1.165, 1.54) is 18.4 Å². The van der Waals surface area contributed by atoms with Gasteiger partial charge in [0, 0.05) is 6.20 Å². The lowest BCUT2D eigenvalue weighted by atomic mass is 10.2. The van der Waals surface area contributed by atoms with Crippen LogP contribution in [0.2, 0.25) is 0 Å². The second-order valence-electron chi connectivity index (χ2n) is 2.74. The maximum absolute atomic E-state index is 11.4. The van der Waals surface area contributed by atoms with Crippen LogP contribution in [0.25, 0.3) is 10.6 Å². The maximum atomic E-state index is 11.4. The van der Waals surface area contributed by atoms with E-state index in [1.54, 1.807) is 11.7 Å². The van der Waals surface area contributed by atoms with E-state index in [2.05, 4.69) is 14.7 Å². The molecule has 5 heteroatoms. The second-order valence-corrected chi connectivity index (χ2v) is 3.59. The van der Waals surface area contributed by atoms with Crippen LogP contribution < -0.4 is 0 Å². The summed E-state index contributed by atoms with van der Waals surface area (Å²) in [6.45, 7) is 0. The van der Waals surface area contributed by atoms with Crippen molar-refractivity contribution in [1.29, 1.82) is 0 Å². The average molecular weight is 220 g/mol. The number of pyridine rings is 1. The maximum Gasteiger partial charge on any atom is 0.358 e. The molecule has 76 valence electrons. The fourth-order valence-corrected chi connectivity index (χ4v) is 1.92. The van der Waals surface area contributed by atoms with Crippen molar-refractivity contribution in [3.63, 3.8) is 0 Å². The topological polar surface area (TPSA) is 52.1 Å². The second kappa shape index (κ2) is 4.18. The number of hydrogen-bond acceptors (Lipinski definition) is 5. The van der Waals surface area contributed by atoms with Crippen LogP contribution in [-0.4, -0.2) is 23.0 Å². The molecular formula is C10H8N2O2S. The van der Waals surface area contributed by atoms with E-state index >= 15 is 0 Å². The lowest BCUT2D eigenvalue weighted by Crippen LogP contribution is -2.03. The minimum Gasteiger partial charge on any atom is -0.464 e. The van der Waals surface area contributed by atoms with Crippen molar-refractivity contribution in [2.75, 3.05) is 7.11 Å². The van der Waals surface area contributed by atoms with E-state index in [1.807, 2.05) is 18.2 Å². The molecule has 0 fully saturated rings. The Balaban J connectivity index is 2.46. The number of methoxy groups -OCH3 is 1. The molecule has 0 saturated heterocycles. The molecule has 2 aromatic heterocycles. The molecule has 0 aliphatic rings. The Kier molecular flexibility index (Phi) is 2.73. The van der Waals surface area contributed by atoms with Crippen LogP contribution in [-0.2, 0) is 4.74 Å². The van der Waals surface area contributed by atoms with Crippen LogP contribution in [0.4, 0.5) is 0 Å². The van der Waals surface area contributed by atoms with E-state index in [0.29, 0.717) is 5.69 Å². The highest BCUT2D eigenvalue weighted by atomic mass is 32.1. The van der Waals surface area contributed by atoms with Gasteiger partial charge in [-0.05, 0) is 12.1 Å². The van der Waals surface area contributed by atoms with Crippen molar-refractivity contribution >= 4 is 17.3 Å². The molecule has 2 aromatic rings. The molecule has 0 spiro atoms. The third-order valence-electron chi connectivity index (χ3n) is 1.84. The summed E-state index contributed by atoms with van der Waals surface area (Å²) in [5, 5.41) is 0. The smallest absolute Gasteiger partial charge is 0.358 e. The number of aromatic nitrogens is 2. The lowest BCUT2D eigenvalue weighted by Gasteiger charge is -1.99. The molecule has 0 N–H and O–H groups in total. The summed E-state index contributed by atoms with van der Waals surface area (Å²) in [5.41, 5.74) is 2.66. The first kappa shape index (κ1) is 9.79. The summed E-state index contributed by atoms with van der Waals surface area (Å²) in [5.74, 6) is -0.433. The molecule has 0 amide bonds. The highest BCUT2D eigenvalue weighted by Crippen LogP contribution is 2.25. The lowest BCUT2D eigenvalue weighted by molar-refractivity contribution is 0.0596. The Morgan fingerprint density at radius 1 is 1.40 bits per heavy atom. The van der Waals surface area contributed by atoms with Crippen LogP contribution in [0, 0.1) is 0 Å². The molecule has 0 aromatic carbocycles. The number of ether oxygens (including phenoxy) is 1. The van der Waals surface area contributed by atoms with E-state index in [-0.39, 0.29) is 0 Å². The van der Waals surface area contributed by atoms with Crippen molar-refractivity contribution in [2.45, 2.75) is 0 Å². The van der Waals surface area contributed by atoms with Crippen LogP contribution in [0.3, 0.4) is 0 Å². The standard InChI is InChI=1S/C10H8N2O2S/c1-14-10(13)8-9(15-6-12-8)7-4-2-3-5-11-7/h2-6H,1H3. The Hall–Kier alpha value is -1.75. The zero-order valence-electron chi connectivity index (χ0n) is 8.01. The van der Waals surface area contributed by atoms with E-state index in [0.717, 1.165) is 10.6 Å². The number of hydrogen-bond donors (Lipinski definition) is 0. The highest BCUT2D eigenvalue weighted by molar-refractivity contribution is 7.13. The summed E-state index contributed by atoms with van der Waals surface area (Å²) in [6, 6.07) is 5.52. The van der Waals surface area contributed by atoms with Gasteiger partial charge in [0.25, 0.3) is 0 Å².